The van der Waals surface area contributed by atoms with Crippen molar-refractivity contribution in [2.24, 2.45) is 0 Å². The Hall–Kier alpha value is -3.28. The number of rotatable bonds is 4. The summed E-state index contributed by atoms with van der Waals surface area (Å²) in [6.07, 6.45) is -0.667. The van der Waals surface area contributed by atoms with Crippen LogP contribution in [0.25, 0.3) is 16.9 Å². The number of nitrogens with one attached hydrogen (secondary N) is 1. The first-order valence-corrected chi connectivity index (χ1v) is 8.44. The normalized spacial score (nSPS) is 10.6. The van der Waals surface area contributed by atoms with E-state index in [0.29, 0.717) is 5.69 Å². The third-order valence-electron chi connectivity index (χ3n) is 4.17. The molecule has 3 aromatic rings. The molecule has 0 unspecified atom stereocenters. The average molecular weight is 351 g/mol. The van der Waals surface area contributed by atoms with E-state index in [4.69, 9.17) is 4.74 Å². The third-order valence-corrected chi connectivity index (χ3v) is 4.17. The largest absolute Gasteiger partial charge is 0.449 e. The maximum Gasteiger partial charge on any atom is 0.426 e. The van der Waals surface area contributed by atoms with Crippen molar-refractivity contribution in [3.8, 4) is 16.9 Å². The van der Waals surface area contributed by atoms with Crippen LogP contribution in [-0.4, -0.2) is 21.9 Å². The van der Waals surface area contributed by atoms with Gasteiger partial charge in [0.2, 0.25) is 0 Å². The van der Waals surface area contributed by atoms with Crippen LogP contribution in [0.5, 0.6) is 0 Å². The Bertz CT molecular complexity index is 987. The second-order valence-electron chi connectivity index (χ2n) is 5.87. The van der Waals surface area contributed by atoms with Crippen molar-refractivity contribution in [3.63, 3.8) is 0 Å². The van der Waals surface area contributed by atoms with Gasteiger partial charge in [0, 0.05) is 5.56 Å². The van der Waals surface area contributed by atoms with Crippen LogP contribution in [0.15, 0.2) is 59.4 Å². The van der Waals surface area contributed by atoms with Crippen molar-refractivity contribution in [3.05, 3.63) is 76.3 Å². The number of hydrogen-bond donors (Lipinski definition) is 1. The van der Waals surface area contributed by atoms with Gasteiger partial charge in [-0.1, -0.05) is 48.5 Å². The molecule has 1 amide bonds. The molecule has 134 valence electrons. The van der Waals surface area contributed by atoms with Crippen LogP contribution >= 0.6 is 0 Å². The van der Waals surface area contributed by atoms with E-state index in [9.17, 15) is 9.59 Å². The first-order valence-electron chi connectivity index (χ1n) is 8.44. The maximum absolute atomic E-state index is 13.1. The molecule has 0 radical (unpaired) electrons. The molecule has 0 atom stereocenters. The fraction of sp³-hybridized carbons (Fsp3) is 0.200. The fourth-order valence-corrected chi connectivity index (χ4v) is 2.96. The van der Waals surface area contributed by atoms with Crippen LogP contribution in [0.2, 0.25) is 0 Å². The van der Waals surface area contributed by atoms with E-state index in [0.717, 1.165) is 22.5 Å². The van der Waals surface area contributed by atoms with Crippen molar-refractivity contribution in [1.29, 1.82) is 0 Å². The molecule has 1 aromatic heterocycles. The Labute approximate surface area is 151 Å². The molecule has 1 heterocycles. The van der Waals surface area contributed by atoms with Gasteiger partial charge >= 0.3 is 11.8 Å². The summed E-state index contributed by atoms with van der Waals surface area (Å²) >= 11 is 0. The van der Waals surface area contributed by atoms with Crippen LogP contribution in [0.1, 0.15) is 18.2 Å². The Morgan fingerprint density at radius 3 is 2.35 bits per heavy atom. The lowest BCUT2D eigenvalue weighted by Crippen LogP contribution is -2.35. The van der Waals surface area contributed by atoms with Gasteiger partial charge in [-0.05, 0) is 32.4 Å². The van der Waals surface area contributed by atoms with Gasteiger partial charge in [0.05, 0.1) is 23.7 Å². The zero-order valence-corrected chi connectivity index (χ0v) is 15.0. The van der Waals surface area contributed by atoms with Crippen molar-refractivity contribution >= 4 is 6.09 Å². The fourth-order valence-electron chi connectivity index (χ4n) is 2.96. The number of aryl methyl sites for hydroxylation is 1. The minimum absolute atomic E-state index is 0.226. The average Bonchev–Trinajstić information content (AvgIpc) is 2.88. The summed E-state index contributed by atoms with van der Waals surface area (Å²) < 4.78 is 7.77. The van der Waals surface area contributed by atoms with Gasteiger partial charge in [-0.15, -0.1) is 0 Å². The number of hydrogen-bond acceptors (Lipinski definition) is 3. The lowest BCUT2D eigenvalue weighted by molar-refractivity contribution is 0.164. The van der Waals surface area contributed by atoms with Crippen LogP contribution in [0.3, 0.4) is 0 Å². The zero-order valence-electron chi connectivity index (χ0n) is 15.0. The first kappa shape index (κ1) is 17.5. The molecule has 0 aliphatic heterocycles. The second kappa shape index (κ2) is 7.31. The van der Waals surface area contributed by atoms with Gasteiger partial charge in [0.1, 0.15) is 0 Å². The van der Waals surface area contributed by atoms with E-state index < -0.39 is 6.09 Å². The number of para-hydroxylation sites is 1. The summed E-state index contributed by atoms with van der Waals surface area (Å²) in [5.74, 6) is 0. The van der Waals surface area contributed by atoms with E-state index in [1.165, 1.54) is 4.68 Å². The molecule has 2 aromatic carbocycles. The highest BCUT2D eigenvalue weighted by Gasteiger charge is 2.21. The van der Waals surface area contributed by atoms with Crippen LogP contribution in [0.4, 0.5) is 4.79 Å². The van der Waals surface area contributed by atoms with E-state index in [1.807, 2.05) is 61.5 Å². The molecular weight excluding hydrogens is 330 g/mol. The monoisotopic (exact) mass is 351 g/mol. The van der Waals surface area contributed by atoms with Crippen LogP contribution in [0, 0.1) is 13.8 Å². The maximum atomic E-state index is 13.1. The number of imidazole rings is 1. The summed E-state index contributed by atoms with van der Waals surface area (Å²) in [6.45, 7) is 5.68. The highest BCUT2D eigenvalue weighted by atomic mass is 16.6. The molecule has 1 N–H and O–H groups in total. The highest BCUT2D eigenvalue weighted by molar-refractivity contribution is 5.76. The molecule has 0 spiro atoms. The highest BCUT2D eigenvalue weighted by Crippen LogP contribution is 2.26. The molecule has 0 bridgehead atoms. The second-order valence-corrected chi connectivity index (χ2v) is 5.87. The smallest absolute Gasteiger partial charge is 0.426 e. The van der Waals surface area contributed by atoms with Gasteiger partial charge in [0.25, 0.3) is 0 Å². The lowest BCUT2D eigenvalue weighted by Gasteiger charge is -2.10. The van der Waals surface area contributed by atoms with Crippen molar-refractivity contribution in [2.75, 3.05) is 12.0 Å². The predicted molar refractivity (Wildman–Crippen MR) is 101 cm³/mol. The quantitative estimate of drug-likeness (QED) is 0.781. The minimum Gasteiger partial charge on any atom is -0.449 e. The molecule has 6 nitrogen and oxygen atoms in total. The van der Waals surface area contributed by atoms with Crippen molar-refractivity contribution in [1.82, 2.24) is 9.24 Å². The van der Waals surface area contributed by atoms with Gasteiger partial charge < -0.3 is 4.74 Å². The molecule has 6 heteroatoms. The Kier molecular flexibility index (Phi) is 4.93. The van der Waals surface area contributed by atoms with Crippen LogP contribution in [-0.2, 0) is 4.74 Å². The number of amides is 1. The van der Waals surface area contributed by atoms with Crippen molar-refractivity contribution in [2.45, 2.75) is 20.8 Å². The molecule has 0 fully saturated rings. The van der Waals surface area contributed by atoms with Gasteiger partial charge in [-0.3, -0.25) is 4.57 Å². The van der Waals surface area contributed by atoms with E-state index >= 15 is 0 Å². The number of nitrogens with zero attached hydrogens (tertiary/aromatic N) is 2. The first-order chi connectivity index (χ1) is 12.5. The van der Waals surface area contributed by atoms with Gasteiger partial charge in [-0.2, -0.15) is 0 Å². The number of ether oxygens (including phenoxy) is 1. The zero-order chi connectivity index (χ0) is 18.7. The number of carbonyl (C=O) groups excluding carboxylic acids is 1. The molecule has 0 aliphatic carbocycles. The number of benzene rings is 2. The van der Waals surface area contributed by atoms with E-state index in [2.05, 4.69) is 5.43 Å². The summed E-state index contributed by atoms with van der Waals surface area (Å²) in [5.41, 5.74) is 6.12. The number of aromatic nitrogens is 2. The summed E-state index contributed by atoms with van der Waals surface area (Å²) in [5, 5.41) is 0. The standard InChI is InChI=1S/C20H21N3O3/c1-4-26-19(24)21-23-15(3)18(16-11-6-5-7-12-16)22(20(23)25)17-13-9-8-10-14(17)2/h5-13H,4H2,1-3H3,(H,21,24). The molecule has 0 saturated heterocycles. The SMILES string of the molecule is CCOC(=O)Nn1c(C)c(-c2ccccc2)n(-c2ccccc2C)c1=O. The molecule has 3 rings (SSSR count). The predicted octanol–water partition coefficient (Wildman–Crippen LogP) is 3.62. The number of carbonyl (C=O) groups is 1. The summed E-state index contributed by atoms with van der Waals surface area (Å²) in [4.78, 5) is 25.0. The Morgan fingerprint density at radius 1 is 1.04 bits per heavy atom. The molecule has 26 heavy (non-hydrogen) atoms. The van der Waals surface area contributed by atoms with E-state index in [1.54, 1.807) is 18.4 Å². The summed E-state index contributed by atoms with van der Waals surface area (Å²) in [6, 6.07) is 17.3. The molecule has 0 aliphatic rings. The van der Waals surface area contributed by atoms with Crippen molar-refractivity contribution < 1.29 is 9.53 Å². The van der Waals surface area contributed by atoms with Crippen LogP contribution < -0.4 is 11.1 Å². The Balaban J connectivity index is 2.27. The van der Waals surface area contributed by atoms with Gasteiger partial charge in [-0.25, -0.2) is 19.7 Å². The third kappa shape index (κ3) is 3.13. The van der Waals surface area contributed by atoms with Gasteiger partial charge in [0.15, 0.2) is 0 Å². The molecular formula is C20H21N3O3. The topological polar surface area (TPSA) is 65.3 Å². The lowest BCUT2D eigenvalue weighted by atomic mass is 10.1. The van der Waals surface area contributed by atoms with E-state index in [-0.39, 0.29) is 12.3 Å². The minimum atomic E-state index is -0.667. The summed E-state index contributed by atoms with van der Waals surface area (Å²) in [7, 11) is 0. The Morgan fingerprint density at radius 2 is 1.69 bits per heavy atom. The molecule has 0 saturated carbocycles.